The second-order valence-electron chi connectivity index (χ2n) is 6.36. The van der Waals surface area contributed by atoms with E-state index < -0.39 is 0 Å². The lowest BCUT2D eigenvalue weighted by atomic mass is 10.0. The molecule has 1 aromatic heterocycles. The predicted molar refractivity (Wildman–Crippen MR) is 103 cm³/mol. The Bertz CT molecular complexity index is 1200. The number of fused-ring (bicyclic) bond motifs is 4. The smallest absolute Gasteiger partial charge is 0.0547 e. The quantitative estimate of drug-likeness (QED) is 0.345. The molecule has 5 aromatic rings. The fourth-order valence-corrected chi connectivity index (χ4v) is 3.79. The number of rotatable bonds is 1. The Kier molecular flexibility index (Phi) is 2.77. The van der Waals surface area contributed by atoms with Crippen molar-refractivity contribution in [3.05, 3.63) is 90.5 Å². The average Bonchev–Trinajstić information content (AvgIpc) is 2.95. The Morgan fingerprint density at radius 1 is 0.625 bits per heavy atom. The lowest BCUT2D eigenvalue weighted by molar-refractivity contribution is 1.18. The molecule has 0 saturated carbocycles. The third kappa shape index (κ3) is 1.82. The van der Waals surface area contributed by atoms with Crippen LogP contribution in [0.1, 0.15) is 5.56 Å². The van der Waals surface area contributed by atoms with Crippen LogP contribution >= 0.6 is 0 Å². The van der Waals surface area contributed by atoms with E-state index in [1.165, 1.54) is 43.8 Å². The number of aryl methyl sites for hydroxylation is 1. The molecule has 0 amide bonds. The summed E-state index contributed by atoms with van der Waals surface area (Å²) < 4.78 is 2.38. The van der Waals surface area contributed by atoms with Gasteiger partial charge in [-0.25, -0.2) is 0 Å². The van der Waals surface area contributed by atoms with E-state index >= 15 is 0 Å². The minimum atomic E-state index is 1.21. The molecule has 1 heteroatoms. The van der Waals surface area contributed by atoms with Crippen LogP contribution in [0.2, 0.25) is 0 Å². The van der Waals surface area contributed by atoms with Crippen LogP contribution in [0.15, 0.2) is 84.9 Å². The SMILES string of the molecule is Cc1cccc2c1c1cc3ccccc3cc1n2-c1ccccc1. The van der Waals surface area contributed by atoms with Crippen LogP contribution in [0, 0.1) is 6.92 Å². The zero-order chi connectivity index (χ0) is 16.1. The highest BCUT2D eigenvalue weighted by molar-refractivity contribution is 6.14. The maximum atomic E-state index is 2.38. The molecule has 0 unspecified atom stereocenters. The maximum absolute atomic E-state index is 2.38. The summed E-state index contributed by atoms with van der Waals surface area (Å²) in [5, 5.41) is 5.25. The van der Waals surface area contributed by atoms with Crippen molar-refractivity contribution in [3.8, 4) is 5.69 Å². The van der Waals surface area contributed by atoms with Crippen LogP contribution in [-0.2, 0) is 0 Å². The van der Waals surface area contributed by atoms with Crippen LogP contribution in [0.25, 0.3) is 38.3 Å². The highest BCUT2D eigenvalue weighted by Crippen LogP contribution is 2.36. The van der Waals surface area contributed by atoms with Crippen molar-refractivity contribution in [3.63, 3.8) is 0 Å². The fraction of sp³-hybridized carbons (Fsp3) is 0.0435. The van der Waals surface area contributed by atoms with Crippen molar-refractivity contribution in [1.29, 1.82) is 0 Å². The van der Waals surface area contributed by atoms with Crippen LogP contribution in [0.3, 0.4) is 0 Å². The van der Waals surface area contributed by atoms with Crippen molar-refractivity contribution >= 4 is 32.6 Å². The second kappa shape index (κ2) is 4.97. The van der Waals surface area contributed by atoms with Gasteiger partial charge in [0.2, 0.25) is 0 Å². The fourth-order valence-electron chi connectivity index (χ4n) is 3.79. The third-order valence-corrected chi connectivity index (χ3v) is 4.88. The molecular formula is C23H17N. The second-order valence-corrected chi connectivity index (χ2v) is 6.36. The summed E-state index contributed by atoms with van der Waals surface area (Å²) in [6, 6.07) is 30.4. The molecule has 0 bridgehead atoms. The van der Waals surface area contributed by atoms with Gasteiger partial charge in [0.05, 0.1) is 11.0 Å². The molecule has 0 radical (unpaired) electrons. The zero-order valence-corrected chi connectivity index (χ0v) is 13.5. The normalized spacial score (nSPS) is 11.5. The first-order chi connectivity index (χ1) is 11.8. The molecule has 0 aliphatic carbocycles. The molecule has 1 nitrogen and oxygen atoms in total. The number of benzene rings is 4. The monoisotopic (exact) mass is 307 g/mol. The van der Waals surface area contributed by atoms with Gasteiger partial charge in [-0.3, -0.25) is 0 Å². The Hall–Kier alpha value is -3.06. The molecule has 0 N–H and O–H groups in total. The zero-order valence-electron chi connectivity index (χ0n) is 13.5. The van der Waals surface area contributed by atoms with Gasteiger partial charge in [-0.1, -0.05) is 54.6 Å². The number of para-hydroxylation sites is 1. The first-order valence-electron chi connectivity index (χ1n) is 8.31. The Labute approximate surface area is 140 Å². The van der Waals surface area contributed by atoms with Gasteiger partial charge in [-0.2, -0.15) is 0 Å². The van der Waals surface area contributed by atoms with E-state index in [4.69, 9.17) is 0 Å². The molecular weight excluding hydrogens is 290 g/mol. The third-order valence-electron chi connectivity index (χ3n) is 4.88. The van der Waals surface area contributed by atoms with E-state index in [1.807, 2.05) is 0 Å². The van der Waals surface area contributed by atoms with Crippen LogP contribution in [0.4, 0.5) is 0 Å². The number of aromatic nitrogens is 1. The topological polar surface area (TPSA) is 4.93 Å². The first-order valence-corrected chi connectivity index (χ1v) is 8.31. The summed E-state index contributed by atoms with van der Waals surface area (Å²) in [5.41, 5.74) is 5.07. The first kappa shape index (κ1) is 13.4. The van der Waals surface area contributed by atoms with Gasteiger partial charge in [0.15, 0.2) is 0 Å². The van der Waals surface area contributed by atoms with Crippen molar-refractivity contribution < 1.29 is 0 Å². The predicted octanol–water partition coefficient (Wildman–Crippen LogP) is 6.25. The van der Waals surface area contributed by atoms with Gasteiger partial charge >= 0.3 is 0 Å². The molecule has 0 aliphatic rings. The van der Waals surface area contributed by atoms with Crippen molar-refractivity contribution in [2.45, 2.75) is 6.92 Å². The lowest BCUT2D eigenvalue weighted by Gasteiger charge is -2.08. The van der Waals surface area contributed by atoms with E-state index in [0.717, 1.165) is 0 Å². The van der Waals surface area contributed by atoms with Gasteiger partial charge in [-0.05, 0) is 53.6 Å². The van der Waals surface area contributed by atoms with Crippen molar-refractivity contribution in [2.24, 2.45) is 0 Å². The Balaban J connectivity index is 2.06. The molecule has 0 atom stereocenters. The van der Waals surface area contributed by atoms with E-state index in [1.54, 1.807) is 0 Å². The molecule has 114 valence electrons. The summed E-state index contributed by atoms with van der Waals surface area (Å²) in [4.78, 5) is 0. The largest absolute Gasteiger partial charge is 0.309 e. The highest BCUT2D eigenvalue weighted by atomic mass is 15.0. The minimum Gasteiger partial charge on any atom is -0.309 e. The Morgan fingerprint density at radius 3 is 2.12 bits per heavy atom. The van der Waals surface area contributed by atoms with E-state index in [-0.39, 0.29) is 0 Å². The summed E-state index contributed by atoms with van der Waals surface area (Å²) in [7, 11) is 0. The molecule has 0 aliphatic heterocycles. The molecule has 4 aromatic carbocycles. The van der Waals surface area contributed by atoms with Gasteiger partial charge < -0.3 is 4.57 Å². The van der Waals surface area contributed by atoms with Crippen molar-refractivity contribution in [1.82, 2.24) is 4.57 Å². The molecule has 5 rings (SSSR count). The maximum Gasteiger partial charge on any atom is 0.0547 e. The van der Waals surface area contributed by atoms with Crippen LogP contribution < -0.4 is 0 Å². The molecule has 1 heterocycles. The number of hydrogen-bond acceptors (Lipinski definition) is 0. The minimum absolute atomic E-state index is 1.21. The lowest BCUT2D eigenvalue weighted by Crippen LogP contribution is -1.93. The van der Waals surface area contributed by atoms with E-state index in [2.05, 4.69) is 96.4 Å². The molecule has 0 saturated heterocycles. The van der Waals surface area contributed by atoms with E-state index in [0.29, 0.717) is 0 Å². The van der Waals surface area contributed by atoms with Gasteiger partial charge in [0, 0.05) is 16.5 Å². The summed E-state index contributed by atoms with van der Waals surface area (Å²) in [6.07, 6.45) is 0. The van der Waals surface area contributed by atoms with Gasteiger partial charge in [0.25, 0.3) is 0 Å². The molecule has 0 spiro atoms. The average molecular weight is 307 g/mol. The Morgan fingerprint density at radius 2 is 1.33 bits per heavy atom. The summed E-state index contributed by atoms with van der Waals surface area (Å²) >= 11 is 0. The summed E-state index contributed by atoms with van der Waals surface area (Å²) in [6.45, 7) is 2.20. The van der Waals surface area contributed by atoms with Crippen LogP contribution in [-0.4, -0.2) is 4.57 Å². The molecule has 0 fully saturated rings. The standard InChI is InChI=1S/C23H17N/c1-16-8-7-13-21-23(16)20-14-17-9-5-6-10-18(17)15-22(20)24(21)19-11-3-2-4-12-19/h2-15H,1H3. The van der Waals surface area contributed by atoms with Gasteiger partial charge in [0.1, 0.15) is 0 Å². The highest BCUT2D eigenvalue weighted by Gasteiger charge is 2.14. The summed E-state index contributed by atoms with van der Waals surface area (Å²) in [5.74, 6) is 0. The number of nitrogens with zero attached hydrogens (tertiary/aromatic N) is 1. The van der Waals surface area contributed by atoms with E-state index in [9.17, 15) is 0 Å². The van der Waals surface area contributed by atoms with Crippen LogP contribution in [0.5, 0.6) is 0 Å². The molecule has 24 heavy (non-hydrogen) atoms. The van der Waals surface area contributed by atoms with Crippen molar-refractivity contribution in [2.75, 3.05) is 0 Å². The van der Waals surface area contributed by atoms with Gasteiger partial charge in [-0.15, -0.1) is 0 Å². The number of hydrogen-bond donors (Lipinski definition) is 0.